The van der Waals surface area contributed by atoms with Gasteiger partial charge in [-0.05, 0) is 29.9 Å². The Labute approximate surface area is 108 Å². The quantitative estimate of drug-likeness (QED) is 0.782. The number of aryl methyl sites for hydroxylation is 2. The van der Waals surface area contributed by atoms with E-state index in [4.69, 9.17) is 0 Å². The molecule has 3 rings (SSSR count). The maximum atomic E-state index is 12.3. The summed E-state index contributed by atoms with van der Waals surface area (Å²) in [6, 6.07) is 3.83. The van der Waals surface area contributed by atoms with Crippen molar-refractivity contribution in [1.29, 1.82) is 0 Å². The van der Waals surface area contributed by atoms with Gasteiger partial charge in [-0.2, -0.15) is 16.9 Å². The first-order valence-corrected chi connectivity index (χ1v) is 7.45. The van der Waals surface area contributed by atoms with Crippen LogP contribution in [0.15, 0.2) is 18.3 Å². The highest BCUT2D eigenvalue weighted by atomic mass is 32.2. The lowest BCUT2D eigenvalue weighted by Crippen LogP contribution is -2.06. The van der Waals surface area contributed by atoms with E-state index in [0.717, 1.165) is 17.1 Å². The second-order valence-electron chi connectivity index (χ2n) is 4.03. The summed E-state index contributed by atoms with van der Waals surface area (Å²) in [4.78, 5) is 14.5. The van der Waals surface area contributed by atoms with Gasteiger partial charge < -0.3 is 0 Å². The van der Waals surface area contributed by atoms with E-state index in [2.05, 4.69) is 11.2 Å². The molecule has 3 heterocycles. The topological polar surface area (TPSA) is 34.9 Å². The fourth-order valence-electron chi connectivity index (χ4n) is 1.98. The minimum atomic E-state index is 0.0920. The summed E-state index contributed by atoms with van der Waals surface area (Å²) in [5.74, 6) is 2.31. The van der Waals surface area contributed by atoms with Crippen molar-refractivity contribution < 1.29 is 4.79 Å². The molecule has 0 unspecified atom stereocenters. The number of carbonyl (C=O) groups is 1. The van der Waals surface area contributed by atoms with E-state index in [-0.39, 0.29) is 5.78 Å². The van der Waals surface area contributed by atoms with Crippen LogP contribution >= 0.6 is 23.1 Å². The van der Waals surface area contributed by atoms with Crippen molar-refractivity contribution in [3.63, 3.8) is 0 Å². The molecule has 17 heavy (non-hydrogen) atoms. The lowest BCUT2D eigenvalue weighted by atomic mass is 10.2. The second-order valence-corrected chi connectivity index (χ2v) is 6.27. The maximum absolute atomic E-state index is 12.3. The number of carbonyl (C=O) groups excluding carboxylic acids is 1. The van der Waals surface area contributed by atoms with E-state index < -0.39 is 0 Å². The van der Waals surface area contributed by atoms with Gasteiger partial charge in [-0.15, -0.1) is 11.3 Å². The number of thioether (sulfide) groups is 1. The molecule has 0 aliphatic carbocycles. The van der Waals surface area contributed by atoms with Gasteiger partial charge in [0.15, 0.2) is 0 Å². The Morgan fingerprint density at radius 1 is 1.53 bits per heavy atom. The van der Waals surface area contributed by atoms with E-state index in [1.54, 1.807) is 35.3 Å². The highest BCUT2D eigenvalue weighted by molar-refractivity contribution is 7.98. The number of nitrogens with zero attached hydrogens (tertiary/aromatic N) is 2. The molecular weight excluding hydrogens is 252 g/mol. The molecule has 0 N–H and O–H groups in total. The van der Waals surface area contributed by atoms with Crippen molar-refractivity contribution in [2.24, 2.45) is 7.05 Å². The first kappa shape index (κ1) is 11.0. The van der Waals surface area contributed by atoms with Gasteiger partial charge in [-0.25, -0.2) is 0 Å². The first-order chi connectivity index (χ1) is 8.25. The molecule has 88 valence electrons. The monoisotopic (exact) mass is 264 g/mol. The lowest BCUT2D eigenvalue weighted by molar-refractivity contribution is 0.103. The third-order valence-corrected chi connectivity index (χ3v) is 5.15. The molecule has 1 aliphatic heterocycles. The molecule has 0 fully saturated rings. The van der Waals surface area contributed by atoms with Crippen LogP contribution in [-0.2, 0) is 19.2 Å². The van der Waals surface area contributed by atoms with E-state index in [0.29, 0.717) is 5.69 Å². The lowest BCUT2D eigenvalue weighted by Gasteiger charge is -2.08. The Bertz CT molecular complexity index is 547. The van der Waals surface area contributed by atoms with E-state index in [9.17, 15) is 4.79 Å². The molecule has 0 atom stereocenters. The number of fused-ring (bicyclic) bond motifs is 1. The van der Waals surface area contributed by atoms with Crippen molar-refractivity contribution in [2.75, 3.05) is 5.75 Å². The molecule has 0 aromatic carbocycles. The molecule has 2 aromatic heterocycles. The minimum absolute atomic E-state index is 0.0920. The normalized spacial score (nSPS) is 14.6. The highest BCUT2D eigenvalue weighted by Crippen LogP contribution is 2.32. The van der Waals surface area contributed by atoms with Gasteiger partial charge in [-0.1, -0.05) is 0 Å². The molecule has 0 saturated carbocycles. The smallest absolute Gasteiger partial charge is 0.220 e. The largest absolute Gasteiger partial charge is 0.286 e. The summed E-state index contributed by atoms with van der Waals surface area (Å²) >= 11 is 3.59. The highest BCUT2D eigenvalue weighted by Gasteiger charge is 2.20. The fraction of sp³-hybridized carbons (Fsp3) is 0.333. The Morgan fingerprint density at radius 3 is 3.12 bits per heavy atom. The summed E-state index contributed by atoms with van der Waals surface area (Å²) < 4.78 is 1.63. The Balaban J connectivity index is 1.97. The van der Waals surface area contributed by atoms with Crippen molar-refractivity contribution in [3.05, 3.63) is 39.3 Å². The zero-order valence-electron chi connectivity index (χ0n) is 9.47. The fourth-order valence-corrected chi connectivity index (χ4v) is 4.30. The first-order valence-electron chi connectivity index (χ1n) is 5.48. The van der Waals surface area contributed by atoms with Gasteiger partial charge >= 0.3 is 0 Å². The third kappa shape index (κ3) is 1.93. The van der Waals surface area contributed by atoms with Crippen molar-refractivity contribution in [1.82, 2.24) is 9.78 Å². The number of thiophene rings is 1. The zero-order valence-corrected chi connectivity index (χ0v) is 11.1. The molecule has 0 saturated heterocycles. The van der Waals surface area contributed by atoms with Gasteiger partial charge in [0.2, 0.25) is 5.78 Å². The van der Waals surface area contributed by atoms with E-state index in [1.807, 2.05) is 11.8 Å². The summed E-state index contributed by atoms with van der Waals surface area (Å²) in [6.07, 6.45) is 2.76. The summed E-state index contributed by atoms with van der Waals surface area (Å²) in [5.41, 5.74) is 2.01. The standard InChI is InChI=1S/C12H12N2OS2/c1-14-9(2-4-13-14)12(15)11-6-8-7-16-5-3-10(8)17-11/h2,4,6H,3,5,7H2,1H3. The van der Waals surface area contributed by atoms with E-state index in [1.165, 1.54) is 16.2 Å². The molecule has 0 radical (unpaired) electrons. The van der Waals surface area contributed by atoms with Crippen LogP contribution in [0.1, 0.15) is 25.8 Å². The SMILES string of the molecule is Cn1nccc1C(=O)c1cc2c(s1)CCSC2. The van der Waals surface area contributed by atoms with Gasteiger partial charge in [0.1, 0.15) is 5.69 Å². The maximum Gasteiger partial charge on any atom is 0.220 e. The Hall–Kier alpha value is -1.07. The summed E-state index contributed by atoms with van der Waals surface area (Å²) in [6.45, 7) is 0. The predicted octanol–water partition coefficient (Wildman–Crippen LogP) is 2.50. The number of hydrogen-bond donors (Lipinski definition) is 0. The van der Waals surface area contributed by atoms with Crippen LogP contribution < -0.4 is 0 Å². The number of hydrogen-bond acceptors (Lipinski definition) is 4. The average molecular weight is 264 g/mol. The Kier molecular flexibility index (Phi) is 2.80. The molecule has 0 spiro atoms. The molecule has 0 amide bonds. The molecule has 0 bridgehead atoms. The van der Waals surface area contributed by atoms with Crippen LogP contribution in [0.2, 0.25) is 0 Å². The van der Waals surface area contributed by atoms with Crippen LogP contribution in [0.3, 0.4) is 0 Å². The minimum Gasteiger partial charge on any atom is -0.286 e. The molecule has 3 nitrogen and oxygen atoms in total. The van der Waals surface area contributed by atoms with Crippen LogP contribution in [-0.4, -0.2) is 21.3 Å². The Morgan fingerprint density at radius 2 is 2.41 bits per heavy atom. The van der Waals surface area contributed by atoms with Gasteiger partial charge in [0.05, 0.1) is 4.88 Å². The third-order valence-electron chi connectivity index (χ3n) is 2.91. The van der Waals surface area contributed by atoms with Crippen molar-refractivity contribution in [2.45, 2.75) is 12.2 Å². The predicted molar refractivity (Wildman–Crippen MR) is 70.8 cm³/mol. The van der Waals surface area contributed by atoms with Crippen molar-refractivity contribution in [3.8, 4) is 0 Å². The van der Waals surface area contributed by atoms with Gasteiger partial charge in [-0.3, -0.25) is 9.48 Å². The van der Waals surface area contributed by atoms with Gasteiger partial charge in [0.25, 0.3) is 0 Å². The zero-order chi connectivity index (χ0) is 11.8. The van der Waals surface area contributed by atoms with Crippen molar-refractivity contribution >= 4 is 28.9 Å². The molecular formula is C12H12N2OS2. The van der Waals surface area contributed by atoms with E-state index >= 15 is 0 Å². The molecule has 1 aliphatic rings. The number of rotatable bonds is 2. The average Bonchev–Trinajstić information content (AvgIpc) is 2.93. The summed E-state index contributed by atoms with van der Waals surface area (Å²) in [7, 11) is 1.80. The van der Waals surface area contributed by atoms with Gasteiger partial charge in [0, 0.05) is 23.9 Å². The van der Waals surface area contributed by atoms with Crippen LogP contribution in [0.4, 0.5) is 0 Å². The van der Waals surface area contributed by atoms with Crippen LogP contribution in [0, 0.1) is 0 Å². The molecule has 2 aromatic rings. The number of aromatic nitrogens is 2. The van der Waals surface area contributed by atoms with Crippen LogP contribution in [0.5, 0.6) is 0 Å². The second kappa shape index (κ2) is 4.31. The number of ketones is 1. The van der Waals surface area contributed by atoms with Crippen LogP contribution in [0.25, 0.3) is 0 Å². The molecule has 5 heteroatoms. The summed E-state index contributed by atoms with van der Waals surface area (Å²) in [5, 5.41) is 4.04.